The van der Waals surface area contributed by atoms with Crippen molar-refractivity contribution in [1.29, 1.82) is 0 Å². The summed E-state index contributed by atoms with van der Waals surface area (Å²) in [6.07, 6.45) is 7.35. The molecule has 0 amide bonds. The third-order valence-electron chi connectivity index (χ3n) is 5.83. The van der Waals surface area contributed by atoms with Crippen LogP contribution in [-0.2, 0) is 6.42 Å². The van der Waals surface area contributed by atoms with E-state index in [2.05, 4.69) is 62.2 Å². The fourth-order valence-corrected chi connectivity index (χ4v) is 5.48. The predicted molar refractivity (Wildman–Crippen MR) is 120 cm³/mol. The van der Waals surface area contributed by atoms with Gasteiger partial charge in [-0.2, -0.15) is 0 Å². The van der Waals surface area contributed by atoms with Gasteiger partial charge in [-0.15, -0.1) is 24.0 Å². The first kappa shape index (κ1) is 19.7. The van der Waals surface area contributed by atoms with Crippen LogP contribution >= 0.6 is 24.0 Å². The Morgan fingerprint density at radius 3 is 2.82 bits per heavy atom. The average molecular weight is 417 g/mol. The number of fused-ring (bicyclic) bond motifs is 1. The lowest BCUT2D eigenvalue weighted by Crippen LogP contribution is -2.55. The summed E-state index contributed by atoms with van der Waals surface area (Å²) in [5.41, 5.74) is 5.78. The number of piperazine rings is 1. The maximum atomic E-state index is 4.60. The normalized spacial score (nSPS) is 18.4. The summed E-state index contributed by atoms with van der Waals surface area (Å²) < 4.78 is 0. The Kier molecular flexibility index (Phi) is 5.64. The quantitative estimate of drug-likeness (QED) is 0.570. The minimum atomic E-state index is 0.349. The molecule has 5 rings (SSSR count). The standard InChI is InChI=1S/C19H23N5S2.CH5N/c1-13-16(25)10-14(26-13)3-7-24-9-8-23(11-19(24)4-5-19)18-15-2-6-20-17(15)21-12-22-18;1-2/h2,6,10,12,25H,3-5,7-9,11H2,1H3,(H,20,21,22);2H2,1H3. The molecule has 0 unspecified atom stereocenters. The minimum absolute atomic E-state index is 0.349. The zero-order chi connectivity index (χ0) is 19.7. The fraction of sp³-hybridized carbons (Fsp3) is 0.500. The molecule has 3 aromatic rings. The summed E-state index contributed by atoms with van der Waals surface area (Å²) in [7, 11) is 1.50. The van der Waals surface area contributed by atoms with E-state index in [9.17, 15) is 0 Å². The van der Waals surface area contributed by atoms with Crippen molar-refractivity contribution in [2.45, 2.75) is 36.6 Å². The molecular formula is C20H28N6S2. The molecule has 0 radical (unpaired) electrons. The van der Waals surface area contributed by atoms with E-state index in [1.165, 1.54) is 29.6 Å². The summed E-state index contributed by atoms with van der Waals surface area (Å²) >= 11 is 6.43. The minimum Gasteiger partial charge on any atom is -0.353 e. The van der Waals surface area contributed by atoms with E-state index in [0.29, 0.717) is 5.54 Å². The smallest absolute Gasteiger partial charge is 0.142 e. The van der Waals surface area contributed by atoms with Gasteiger partial charge < -0.3 is 15.6 Å². The van der Waals surface area contributed by atoms with Crippen LogP contribution in [0.1, 0.15) is 22.6 Å². The number of H-pyrrole nitrogens is 1. The van der Waals surface area contributed by atoms with Crippen molar-refractivity contribution in [3.05, 3.63) is 34.4 Å². The molecule has 1 saturated carbocycles. The van der Waals surface area contributed by atoms with Gasteiger partial charge in [-0.25, -0.2) is 9.97 Å². The highest BCUT2D eigenvalue weighted by Crippen LogP contribution is 2.45. The van der Waals surface area contributed by atoms with Crippen LogP contribution in [0.5, 0.6) is 0 Å². The molecule has 1 spiro atoms. The lowest BCUT2D eigenvalue weighted by Gasteiger charge is -2.42. The number of hydrogen-bond donors (Lipinski definition) is 3. The molecule has 3 N–H and O–H groups in total. The number of nitrogens with one attached hydrogen (secondary N) is 1. The molecule has 1 aliphatic heterocycles. The summed E-state index contributed by atoms with van der Waals surface area (Å²) in [5.74, 6) is 1.08. The Balaban J connectivity index is 0.000000932. The third kappa shape index (κ3) is 3.66. The predicted octanol–water partition coefficient (Wildman–Crippen LogP) is 3.09. The van der Waals surface area contributed by atoms with Crippen LogP contribution < -0.4 is 10.6 Å². The van der Waals surface area contributed by atoms with E-state index < -0.39 is 0 Å². The van der Waals surface area contributed by atoms with Crippen molar-refractivity contribution in [2.24, 2.45) is 5.73 Å². The molecule has 2 aliphatic rings. The topological polar surface area (TPSA) is 74.1 Å². The van der Waals surface area contributed by atoms with Gasteiger partial charge in [0, 0.05) is 52.6 Å². The highest BCUT2D eigenvalue weighted by atomic mass is 32.1. The highest BCUT2D eigenvalue weighted by molar-refractivity contribution is 7.80. The van der Waals surface area contributed by atoms with Gasteiger partial charge in [0.15, 0.2) is 0 Å². The zero-order valence-corrected chi connectivity index (χ0v) is 18.2. The number of aryl methyl sites for hydroxylation is 1. The summed E-state index contributed by atoms with van der Waals surface area (Å²) in [5, 5.41) is 1.13. The molecule has 0 bridgehead atoms. The average Bonchev–Trinajstić information content (AvgIpc) is 3.16. The van der Waals surface area contributed by atoms with E-state index in [1.807, 2.05) is 17.5 Å². The number of nitrogens with zero attached hydrogens (tertiary/aromatic N) is 4. The monoisotopic (exact) mass is 416 g/mol. The van der Waals surface area contributed by atoms with Gasteiger partial charge in [0.05, 0.1) is 5.39 Å². The van der Waals surface area contributed by atoms with Gasteiger partial charge in [-0.1, -0.05) is 0 Å². The van der Waals surface area contributed by atoms with Crippen LogP contribution in [0.25, 0.3) is 11.0 Å². The van der Waals surface area contributed by atoms with E-state index >= 15 is 0 Å². The number of aromatic amines is 1. The summed E-state index contributed by atoms with van der Waals surface area (Å²) in [6.45, 7) is 6.51. The zero-order valence-electron chi connectivity index (χ0n) is 16.5. The van der Waals surface area contributed by atoms with Gasteiger partial charge >= 0.3 is 0 Å². The number of anilines is 1. The second-order valence-corrected chi connectivity index (χ2v) is 9.30. The number of thiol groups is 1. The van der Waals surface area contributed by atoms with Gasteiger partial charge in [0.25, 0.3) is 0 Å². The maximum absolute atomic E-state index is 4.60. The second kappa shape index (κ2) is 8.02. The molecule has 0 aromatic carbocycles. The van der Waals surface area contributed by atoms with E-state index in [-0.39, 0.29) is 0 Å². The van der Waals surface area contributed by atoms with Crippen LogP contribution in [0, 0.1) is 6.92 Å². The SMILES string of the molecule is CN.Cc1sc(CCN2CCN(c3ncnc4[nH]ccc34)CC23CC3)cc1S. The molecule has 150 valence electrons. The first-order valence-corrected chi connectivity index (χ1v) is 11.1. The fourth-order valence-electron chi connectivity index (χ4n) is 4.17. The molecular weight excluding hydrogens is 388 g/mol. The molecule has 1 saturated heterocycles. The van der Waals surface area contributed by atoms with Crippen molar-refractivity contribution in [1.82, 2.24) is 19.9 Å². The maximum Gasteiger partial charge on any atom is 0.142 e. The number of nitrogens with two attached hydrogens (primary N) is 1. The van der Waals surface area contributed by atoms with E-state index in [1.54, 1.807) is 6.33 Å². The van der Waals surface area contributed by atoms with Crippen LogP contribution in [0.2, 0.25) is 0 Å². The molecule has 4 heterocycles. The van der Waals surface area contributed by atoms with Crippen molar-refractivity contribution in [2.75, 3.05) is 38.1 Å². The molecule has 8 heteroatoms. The number of thiophene rings is 1. The molecule has 2 fully saturated rings. The van der Waals surface area contributed by atoms with Crippen molar-refractivity contribution >= 4 is 40.8 Å². The Hall–Kier alpha value is -1.61. The van der Waals surface area contributed by atoms with Crippen molar-refractivity contribution < 1.29 is 0 Å². The molecule has 1 aliphatic carbocycles. The Labute approximate surface area is 175 Å². The molecule has 6 nitrogen and oxygen atoms in total. The number of rotatable bonds is 4. The summed E-state index contributed by atoms with van der Waals surface area (Å²) in [6, 6.07) is 4.33. The van der Waals surface area contributed by atoms with Crippen LogP contribution in [0.15, 0.2) is 29.6 Å². The number of aromatic nitrogens is 3. The molecule has 3 aromatic heterocycles. The van der Waals surface area contributed by atoms with Gasteiger partial charge in [-0.05, 0) is 45.4 Å². The molecule has 0 atom stereocenters. The third-order valence-corrected chi connectivity index (χ3v) is 7.55. The van der Waals surface area contributed by atoms with Gasteiger partial charge in [0.2, 0.25) is 0 Å². The second-order valence-electron chi connectivity index (χ2n) is 7.47. The van der Waals surface area contributed by atoms with Crippen molar-refractivity contribution in [3.63, 3.8) is 0 Å². The number of hydrogen-bond acceptors (Lipinski definition) is 7. The van der Waals surface area contributed by atoms with E-state index in [0.717, 1.165) is 54.3 Å². The van der Waals surface area contributed by atoms with E-state index in [4.69, 9.17) is 0 Å². The van der Waals surface area contributed by atoms with Crippen LogP contribution in [-0.4, -0.2) is 58.6 Å². The summed E-state index contributed by atoms with van der Waals surface area (Å²) in [4.78, 5) is 21.2. The largest absolute Gasteiger partial charge is 0.353 e. The Morgan fingerprint density at radius 1 is 1.29 bits per heavy atom. The Bertz CT molecular complexity index is 926. The van der Waals surface area contributed by atoms with Crippen LogP contribution in [0.3, 0.4) is 0 Å². The molecule has 28 heavy (non-hydrogen) atoms. The first-order valence-electron chi connectivity index (χ1n) is 9.79. The lowest BCUT2D eigenvalue weighted by molar-refractivity contribution is 0.160. The van der Waals surface area contributed by atoms with Gasteiger partial charge in [0.1, 0.15) is 17.8 Å². The van der Waals surface area contributed by atoms with Crippen LogP contribution in [0.4, 0.5) is 5.82 Å². The van der Waals surface area contributed by atoms with Crippen molar-refractivity contribution in [3.8, 4) is 0 Å². The Morgan fingerprint density at radius 2 is 2.11 bits per heavy atom. The van der Waals surface area contributed by atoms with Gasteiger partial charge in [-0.3, -0.25) is 4.90 Å². The first-order chi connectivity index (χ1) is 13.6. The lowest BCUT2D eigenvalue weighted by atomic mass is 10.1. The highest BCUT2D eigenvalue weighted by Gasteiger charge is 2.51.